The standard InChI is InChI=1S/C25H25N3O4/c1-16(2)22(28-24(30)18-10-3-4-11-19(18)25(28)31)23(29)27-14-7-15-32-20-12-5-8-17-9-6-13-26-21(17)20/h3-6,8-13,16,22H,7,14-15H2,1-2H3,(H,27,29). The summed E-state index contributed by atoms with van der Waals surface area (Å²) in [6.45, 7) is 4.41. The van der Waals surface area contributed by atoms with Crippen LogP contribution in [-0.2, 0) is 4.79 Å². The van der Waals surface area contributed by atoms with E-state index in [-0.39, 0.29) is 11.8 Å². The third-order valence-electron chi connectivity index (χ3n) is 5.48. The molecule has 7 heteroatoms. The number of imide groups is 1. The lowest BCUT2D eigenvalue weighted by Crippen LogP contribution is -2.52. The van der Waals surface area contributed by atoms with Crippen LogP contribution in [0.15, 0.2) is 60.8 Å². The normalized spacial score (nSPS) is 14.0. The number of pyridine rings is 1. The van der Waals surface area contributed by atoms with Crippen molar-refractivity contribution in [2.75, 3.05) is 13.2 Å². The van der Waals surface area contributed by atoms with Crippen LogP contribution >= 0.6 is 0 Å². The molecule has 0 fully saturated rings. The quantitative estimate of drug-likeness (QED) is 0.436. The molecule has 0 bridgehead atoms. The van der Waals surface area contributed by atoms with Crippen molar-refractivity contribution in [3.63, 3.8) is 0 Å². The van der Waals surface area contributed by atoms with Crippen molar-refractivity contribution in [1.82, 2.24) is 15.2 Å². The predicted molar refractivity (Wildman–Crippen MR) is 120 cm³/mol. The molecule has 7 nitrogen and oxygen atoms in total. The minimum absolute atomic E-state index is 0.227. The van der Waals surface area contributed by atoms with Crippen molar-refractivity contribution < 1.29 is 19.1 Å². The Labute approximate surface area is 186 Å². The average molecular weight is 431 g/mol. The number of ether oxygens (including phenoxy) is 1. The number of amides is 3. The largest absolute Gasteiger partial charge is 0.491 e. The zero-order valence-electron chi connectivity index (χ0n) is 18.1. The van der Waals surface area contributed by atoms with Crippen LogP contribution in [0.5, 0.6) is 5.75 Å². The van der Waals surface area contributed by atoms with E-state index in [1.54, 1.807) is 30.5 Å². The molecule has 1 N–H and O–H groups in total. The van der Waals surface area contributed by atoms with Crippen LogP contribution in [0, 0.1) is 5.92 Å². The minimum Gasteiger partial charge on any atom is -0.491 e. The number of benzene rings is 2. The summed E-state index contributed by atoms with van der Waals surface area (Å²) in [4.78, 5) is 44.0. The third kappa shape index (κ3) is 4.06. The molecule has 3 amide bonds. The van der Waals surface area contributed by atoms with E-state index >= 15 is 0 Å². The molecule has 164 valence electrons. The van der Waals surface area contributed by atoms with E-state index in [0.717, 1.165) is 15.8 Å². The second-order valence-electron chi connectivity index (χ2n) is 8.04. The van der Waals surface area contributed by atoms with Gasteiger partial charge in [-0.3, -0.25) is 24.3 Å². The summed E-state index contributed by atoms with van der Waals surface area (Å²) in [7, 11) is 0. The number of rotatable bonds is 8. The molecule has 2 aromatic carbocycles. The Kier molecular flexibility index (Phi) is 6.16. The van der Waals surface area contributed by atoms with Gasteiger partial charge < -0.3 is 10.1 Å². The van der Waals surface area contributed by atoms with Crippen LogP contribution < -0.4 is 10.1 Å². The number of carbonyl (C=O) groups excluding carboxylic acids is 3. The molecule has 3 aromatic rings. The molecule has 0 saturated heterocycles. The summed E-state index contributed by atoms with van der Waals surface area (Å²) in [6, 6.07) is 15.4. The fraction of sp³-hybridized carbons (Fsp3) is 0.280. The van der Waals surface area contributed by atoms with E-state index in [1.807, 2.05) is 44.2 Å². The van der Waals surface area contributed by atoms with Gasteiger partial charge in [-0.1, -0.05) is 44.2 Å². The molecule has 32 heavy (non-hydrogen) atoms. The summed E-state index contributed by atoms with van der Waals surface area (Å²) < 4.78 is 5.85. The lowest BCUT2D eigenvalue weighted by atomic mass is 10.0. The first-order valence-electron chi connectivity index (χ1n) is 10.7. The van der Waals surface area contributed by atoms with Crippen LogP contribution in [0.1, 0.15) is 41.0 Å². The summed E-state index contributed by atoms with van der Waals surface area (Å²) >= 11 is 0. The first-order chi connectivity index (χ1) is 15.5. The van der Waals surface area contributed by atoms with Crippen molar-refractivity contribution in [3.8, 4) is 5.75 Å². The SMILES string of the molecule is CC(C)C(C(=O)NCCCOc1cccc2cccnc12)N1C(=O)c2ccccc2C1=O. The Hall–Kier alpha value is -3.74. The Morgan fingerprint density at radius 1 is 1.00 bits per heavy atom. The van der Waals surface area contributed by atoms with Crippen LogP contribution in [0.25, 0.3) is 10.9 Å². The first kappa shape index (κ1) is 21.5. The molecule has 1 unspecified atom stereocenters. The molecule has 1 aliphatic heterocycles. The molecule has 1 atom stereocenters. The van der Waals surface area contributed by atoms with Crippen molar-refractivity contribution >= 4 is 28.6 Å². The molecule has 0 spiro atoms. The smallest absolute Gasteiger partial charge is 0.262 e. The van der Waals surface area contributed by atoms with E-state index in [2.05, 4.69) is 10.3 Å². The van der Waals surface area contributed by atoms with Gasteiger partial charge in [0.15, 0.2) is 0 Å². The monoisotopic (exact) mass is 431 g/mol. The van der Waals surface area contributed by atoms with Gasteiger partial charge in [0.25, 0.3) is 11.8 Å². The van der Waals surface area contributed by atoms with Crippen molar-refractivity contribution in [2.24, 2.45) is 5.92 Å². The number of hydrogen-bond acceptors (Lipinski definition) is 5. The molecule has 4 rings (SSSR count). The predicted octanol–water partition coefficient (Wildman–Crippen LogP) is 3.44. The number of nitrogens with zero attached hydrogens (tertiary/aromatic N) is 2. The molecule has 1 aliphatic rings. The van der Waals surface area contributed by atoms with Crippen molar-refractivity contribution in [3.05, 3.63) is 71.9 Å². The molecular formula is C25H25N3O4. The van der Waals surface area contributed by atoms with Gasteiger partial charge in [-0.2, -0.15) is 0 Å². The van der Waals surface area contributed by atoms with Crippen LogP contribution in [0.2, 0.25) is 0 Å². The summed E-state index contributed by atoms with van der Waals surface area (Å²) in [5.74, 6) is -0.727. The zero-order chi connectivity index (χ0) is 22.7. The highest BCUT2D eigenvalue weighted by molar-refractivity contribution is 6.22. The first-order valence-corrected chi connectivity index (χ1v) is 10.7. The highest BCUT2D eigenvalue weighted by Crippen LogP contribution is 2.27. The van der Waals surface area contributed by atoms with Gasteiger partial charge in [-0.05, 0) is 36.6 Å². The van der Waals surface area contributed by atoms with Gasteiger partial charge in [0.1, 0.15) is 17.3 Å². The molecular weight excluding hydrogens is 406 g/mol. The number of nitrogens with one attached hydrogen (secondary N) is 1. The van der Waals surface area contributed by atoms with Crippen molar-refractivity contribution in [2.45, 2.75) is 26.3 Å². The topological polar surface area (TPSA) is 88.6 Å². The fourth-order valence-electron chi connectivity index (χ4n) is 3.94. The van der Waals surface area contributed by atoms with Gasteiger partial charge in [-0.15, -0.1) is 0 Å². The Bertz CT molecular complexity index is 1130. The Morgan fingerprint density at radius 2 is 1.69 bits per heavy atom. The van der Waals surface area contributed by atoms with Gasteiger partial charge in [0, 0.05) is 18.1 Å². The Morgan fingerprint density at radius 3 is 2.38 bits per heavy atom. The van der Waals surface area contributed by atoms with Crippen LogP contribution in [0.4, 0.5) is 0 Å². The molecule has 1 aromatic heterocycles. The van der Waals surface area contributed by atoms with E-state index in [4.69, 9.17) is 4.74 Å². The molecule has 0 aliphatic carbocycles. The summed E-state index contributed by atoms with van der Waals surface area (Å²) in [5.41, 5.74) is 1.48. The van der Waals surface area contributed by atoms with E-state index in [9.17, 15) is 14.4 Å². The lowest BCUT2D eigenvalue weighted by Gasteiger charge is -2.28. The van der Waals surface area contributed by atoms with Crippen LogP contribution in [0.3, 0.4) is 0 Å². The number of fused-ring (bicyclic) bond motifs is 2. The van der Waals surface area contributed by atoms with Gasteiger partial charge in [-0.25, -0.2) is 0 Å². The maximum atomic E-state index is 12.9. The molecule has 0 saturated carbocycles. The van der Waals surface area contributed by atoms with E-state index < -0.39 is 17.9 Å². The minimum atomic E-state index is -0.870. The molecule has 0 radical (unpaired) electrons. The number of aromatic nitrogens is 1. The van der Waals surface area contributed by atoms with E-state index in [1.165, 1.54) is 0 Å². The fourth-order valence-corrected chi connectivity index (χ4v) is 3.94. The highest BCUT2D eigenvalue weighted by atomic mass is 16.5. The average Bonchev–Trinajstić information content (AvgIpc) is 3.04. The number of para-hydroxylation sites is 1. The molecule has 2 heterocycles. The maximum Gasteiger partial charge on any atom is 0.262 e. The van der Waals surface area contributed by atoms with Crippen molar-refractivity contribution in [1.29, 1.82) is 0 Å². The maximum absolute atomic E-state index is 12.9. The number of carbonyl (C=O) groups is 3. The van der Waals surface area contributed by atoms with Gasteiger partial charge >= 0.3 is 0 Å². The summed E-state index contributed by atoms with van der Waals surface area (Å²) in [5, 5.41) is 3.85. The Balaban J connectivity index is 1.34. The third-order valence-corrected chi connectivity index (χ3v) is 5.48. The zero-order valence-corrected chi connectivity index (χ0v) is 18.1. The second-order valence-corrected chi connectivity index (χ2v) is 8.04. The van der Waals surface area contributed by atoms with Gasteiger partial charge in [0.2, 0.25) is 5.91 Å². The van der Waals surface area contributed by atoms with Crippen LogP contribution in [-0.4, -0.2) is 46.8 Å². The van der Waals surface area contributed by atoms with Gasteiger partial charge in [0.05, 0.1) is 17.7 Å². The second kappa shape index (κ2) is 9.18. The summed E-state index contributed by atoms with van der Waals surface area (Å²) in [6.07, 6.45) is 2.29. The number of hydrogen-bond donors (Lipinski definition) is 1. The lowest BCUT2D eigenvalue weighted by molar-refractivity contribution is -0.126. The van der Waals surface area contributed by atoms with E-state index in [0.29, 0.717) is 36.4 Å². The highest BCUT2D eigenvalue weighted by Gasteiger charge is 2.43.